The number of unbranched alkanes of at least 4 members (excludes halogenated alkanes) is 1. The van der Waals surface area contributed by atoms with Crippen LogP contribution in [0.4, 0.5) is 0 Å². The number of hydrogen-bond acceptors (Lipinski definition) is 4. The maximum atomic E-state index is 12.0. The second kappa shape index (κ2) is 7.17. The first-order valence-electron chi connectivity index (χ1n) is 7.26. The predicted octanol–water partition coefficient (Wildman–Crippen LogP) is 1.72. The monoisotopic (exact) mass is 270 g/mol. The molecule has 0 aromatic carbocycles. The van der Waals surface area contributed by atoms with Crippen molar-refractivity contribution < 1.29 is 20.1 Å². The first-order valence-corrected chi connectivity index (χ1v) is 7.26. The van der Waals surface area contributed by atoms with Gasteiger partial charge < -0.3 is 15.3 Å². The fourth-order valence-electron chi connectivity index (χ4n) is 2.42. The summed E-state index contributed by atoms with van der Waals surface area (Å²) in [6.45, 7) is 3.89. The van der Waals surface area contributed by atoms with E-state index in [1.54, 1.807) is 0 Å². The summed E-state index contributed by atoms with van der Waals surface area (Å²) in [5.74, 6) is -0.388. The van der Waals surface area contributed by atoms with E-state index in [4.69, 9.17) is 0 Å². The van der Waals surface area contributed by atoms with Gasteiger partial charge in [0.15, 0.2) is 11.4 Å². The molecule has 1 unspecified atom stereocenters. The molecule has 1 rings (SSSR count). The molecular formula is C15H26O4. The average molecular weight is 270 g/mol. The zero-order valence-corrected chi connectivity index (χ0v) is 11.9. The summed E-state index contributed by atoms with van der Waals surface area (Å²) < 4.78 is 0. The van der Waals surface area contributed by atoms with Crippen LogP contribution in [0.25, 0.3) is 0 Å². The number of aliphatic hydroxyl groups is 3. The van der Waals surface area contributed by atoms with Crippen LogP contribution in [0, 0.1) is 0 Å². The Morgan fingerprint density at radius 1 is 1.47 bits per heavy atom. The molecule has 0 aliphatic heterocycles. The highest BCUT2D eigenvalue weighted by molar-refractivity contribution is 5.99. The molecular weight excluding hydrogens is 244 g/mol. The zero-order chi connectivity index (χ0) is 14.5. The smallest absolute Gasteiger partial charge is 0.189 e. The van der Waals surface area contributed by atoms with Crippen molar-refractivity contribution in [2.45, 2.75) is 76.6 Å². The lowest BCUT2D eigenvalue weighted by molar-refractivity contribution is -0.148. The highest BCUT2D eigenvalue weighted by Gasteiger charge is 2.44. The van der Waals surface area contributed by atoms with Gasteiger partial charge in [-0.3, -0.25) is 4.79 Å². The molecule has 0 fully saturated rings. The molecule has 1 aliphatic carbocycles. The number of carbonyl (C=O) groups excluding carboxylic acids is 1. The van der Waals surface area contributed by atoms with E-state index >= 15 is 0 Å². The number of rotatable bonds is 7. The molecule has 3 atom stereocenters. The molecule has 19 heavy (non-hydrogen) atoms. The maximum absolute atomic E-state index is 12.0. The molecule has 0 aromatic heterocycles. The van der Waals surface area contributed by atoms with Gasteiger partial charge in [0, 0.05) is 0 Å². The number of carbonyl (C=O) groups is 1. The van der Waals surface area contributed by atoms with E-state index in [2.05, 4.69) is 0 Å². The van der Waals surface area contributed by atoms with Crippen LogP contribution in [0.3, 0.4) is 0 Å². The molecule has 0 saturated carbocycles. The van der Waals surface area contributed by atoms with Crippen molar-refractivity contribution in [3.05, 3.63) is 11.6 Å². The number of ketones is 1. The van der Waals surface area contributed by atoms with Crippen LogP contribution < -0.4 is 0 Å². The van der Waals surface area contributed by atoms with E-state index in [0.717, 1.165) is 18.4 Å². The van der Waals surface area contributed by atoms with E-state index in [1.165, 1.54) is 6.08 Å². The Kier molecular flexibility index (Phi) is 6.17. The van der Waals surface area contributed by atoms with Crippen molar-refractivity contribution in [2.24, 2.45) is 0 Å². The van der Waals surface area contributed by atoms with Crippen LogP contribution in [0.1, 0.15) is 58.8 Å². The van der Waals surface area contributed by atoms with Gasteiger partial charge in [0.1, 0.15) is 0 Å². The fraction of sp³-hybridized carbons (Fsp3) is 0.800. The molecule has 0 aromatic rings. The first-order chi connectivity index (χ1) is 8.93. The molecule has 0 bridgehead atoms. The lowest BCUT2D eigenvalue weighted by Crippen LogP contribution is -2.51. The Morgan fingerprint density at radius 3 is 2.68 bits per heavy atom. The minimum atomic E-state index is -1.61. The fourth-order valence-corrected chi connectivity index (χ4v) is 2.42. The van der Waals surface area contributed by atoms with Gasteiger partial charge in [-0.1, -0.05) is 32.3 Å². The second-order valence-corrected chi connectivity index (χ2v) is 5.52. The lowest BCUT2D eigenvalue weighted by Gasteiger charge is -2.35. The second-order valence-electron chi connectivity index (χ2n) is 5.52. The minimum Gasteiger partial charge on any atom is -0.393 e. The molecule has 0 spiro atoms. The predicted molar refractivity (Wildman–Crippen MR) is 73.7 cm³/mol. The summed E-state index contributed by atoms with van der Waals surface area (Å²) in [5.41, 5.74) is -0.783. The normalized spacial score (nSPS) is 29.2. The van der Waals surface area contributed by atoms with Crippen molar-refractivity contribution in [1.29, 1.82) is 0 Å². The van der Waals surface area contributed by atoms with Gasteiger partial charge in [-0.15, -0.1) is 0 Å². The van der Waals surface area contributed by atoms with Crippen molar-refractivity contribution in [2.75, 3.05) is 0 Å². The van der Waals surface area contributed by atoms with E-state index in [0.29, 0.717) is 32.1 Å². The van der Waals surface area contributed by atoms with Crippen LogP contribution in [-0.4, -0.2) is 38.9 Å². The standard InChI is InChI=1S/C15H26O4/c1-3-5-8-15(19)13(17)9-11(10-14(15)18)6-7-12(16)4-2/h9,12,14,16,18-19H,3-8,10H2,1-2H3/t12?,14-,15-/m0/s1. The van der Waals surface area contributed by atoms with Crippen molar-refractivity contribution >= 4 is 5.78 Å². The first kappa shape index (κ1) is 16.3. The van der Waals surface area contributed by atoms with Crippen molar-refractivity contribution in [3.63, 3.8) is 0 Å². The Labute approximate surface area is 115 Å². The van der Waals surface area contributed by atoms with Crippen molar-refractivity contribution in [1.82, 2.24) is 0 Å². The third-order valence-corrected chi connectivity index (χ3v) is 3.95. The lowest BCUT2D eigenvalue weighted by atomic mass is 9.77. The molecule has 1 aliphatic rings. The molecule has 0 heterocycles. The molecule has 0 saturated heterocycles. The molecule has 110 valence electrons. The summed E-state index contributed by atoms with van der Waals surface area (Å²) >= 11 is 0. The minimum absolute atomic E-state index is 0.310. The van der Waals surface area contributed by atoms with E-state index in [-0.39, 0.29) is 11.9 Å². The Bertz CT molecular complexity index is 337. The zero-order valence-electron chi connectivity index (χ0n) is 11.9. The van der Waals surface area contributed by atoms with E-state index in [1.807, 2.05) is 13.8 Å². The van der Waals surface area contributed by atoms with Gasteiger partial charge in [-0.25, -0.2) is 0 Å². The quantitative estimate of drug-likeness (QED) is 0.658. The van der Waals surface area contributed by atoms with Crippen LogP contribution >= 0.6 is 0 Å². The number of aliphatic hydroxyl groups excluding tert-OH is 2. The number of hydrogen-bond donors (Lipinski definition) is 3. The van der Waals surface area contributed by atoms with Crippen LogP contribution in [0.2, 0.25) is 0 Å². The van der Waals surface area contributed by atoms with E-state index < -0.39 is 11.7 Å². The summed E-state index contributed by atoms with van der Waals surface area (Å²) in [4.78, 5) is 12.0. The third-order valence-electron chi connectivity index (χ3n) is 3.95. The van der Waals surface area contributed by atoms with Gasteiger partial charge in [-0.2, -0.15) is 0 Å². The highest BCUT2D eigenvalue weighted by Crippen LogP contribution is 2.31. The van der Waals surface area contributed by atoms with Gasteiger partial charge in [0.05, 0.1) is 12.2 Å². The SMILES string of the molecule is CCCC[C@]1(O)C(=O)C=C(CCC(O)CC)C[C@@H]1O. The molecule has 4 nitrogen and oxygen atoms in total. The summed E-state index contributed by atoms with van der Waals surface area (Å²) in [6, 6.07) is 0. The highest BCUT2D eigenvalue weighted by atomic mass is 16.3. The maximum Gasteiger partial charge on any atom is 0.189 e. The average Bonchev–Trinajstić information content (AvgIpc) is 2.39. The Balaban J connectivity index is 2.66. The molecule has 0 amide bonds. The summed E-state index contributed by atoms with van der Waals surface area (Å²) in [7, 11) is 0. The molecule has 0 radical (unpaired) electrons. The molecule has 3 N–H and O–H groups in total. The molecule has 4 heteroatoms. The van der Waals surface area contributed by atoms with Crippen molar-refractivity contribution in [3.8, 4) is 0 Å². The van der Waals surface area contributed by atoms with Gasteiger partial charge in [-0.05, 0) is 38.2 Å². The van der Waals surface area contributed by atoms with Crippen LogP contribution in [0.15, 0.2) is 11.6 Å². The Hall–Kier alpha value is -0.710. The van der Waals surface area contributed by atoms with Gasteiger partial charge in [0.2, 0.25) is 0 Å². The summed E-state index contributed by atoms with van der Waals surface area (Å²) in [6.07, 6.45) is 4.18. The largest absolute Gasteiger partial charge is 0.393 e. The van der Waals surface area contributed by atoms with Gasteiger partial charge >= 0.3 is 0 Å². The van der Waals surface area contributed by atoms with Gasteiger partial charge in [0.25, 0.3) is 0 Å². The van der Waals surface area contributed by atoms with Crippen LogP contribution in [0.5, 0.6) is 0 Å². The Morgan fingerprint density at radius 2 is 2.16 bits per heavy atom. The van der Waals surface area contributed by atoms with E-state index in [9.17, 15) is 20.1 Å². The van der Waals surface area contributed by atoms with Crippen LogP contribution in [-0.2, 0) is 4.79 Å². The summed E-state index contributed by atoms with van der Waals surface area (Å²) in [5, 5.41) is 29.8. The topological polar surface area (TPSA) is 77.8 Å². The third kappa shape index (κ3) is 4.13.